The lowest BCUT2D eigenvalue weighted by Gasteiger charge is -2.37. The molecule has 2 aliphatic carbocycles. The number of hydrogen-bond acceptors (Lipinski definition) is 6. The zero-order chi connectivity index (χ0) is 21.5. The highest BCUT2D eigenvalue weighted by molar-refractivity contribution is 5.37. The third-order valence-electron chi connectivity index (χ3n) is 7.84. The molecule has 3 aliphatic rings. The Bertz CT molecular complexity index is 907. The summed E-state index contributed by atoms with van der Waals surface area (Å²) in [5, 5.41) is 8.26. The molecule has 168 valence electrons. The molecule has 2 saturated carbocycles. The maximum absolute atomic E-state index is 6.27. The van der Waals surface area contributed by atoms with E-state index in [-0.39, 0.29) is 0 Å². The molecular weight excluding hydrogens is 388 g/mol. The second kappa shape index (κ2) is 8.41. The molecule has 1 aliphatic heterocycles. The van der Waals surface area contributed by atoms with E-state index in [9.17, 15) is 0 Å². The first kappa shape index (κ1) is 20.7. The van der Waals surface area contributed by atoms with Crippen molar-refractivity contribution in [2.45, 2.75) is 70.4 Å². The van der Waals surface area contributed by atoms with Gasteiger partial charge in [-0.1, -0.05) is 0 Å². The van der Waals surface area contributed by atoms with Crippen molar-refractivity contribution in [2.75, 3.05) is 25.5 Å². The van der Waals surface area contributed by atoms with Crippen molar-refractivity contribution in [3.05, 3.63) is 29.5 Å². The maximum Gasteiger partial charge on any atom is 0.160 e. The van der Waals surface area contributed by atoms with Gasteiger partial charge in [0.25, 0.3) is 0 Å². The Labute approximate surface area is 185 Å². The van der Waals surface area contributed by atoms with Crippen LogP contribution >= 0.6 is 0 Å². The maximum atomic E-state index is 6.27. The van der Waals surface area contributed by atoms with Crippen molar-refractivity contribution in [1.29, 1.82) is 0 Å². The van der Waals surface area contributed by atoms with Crippen LogP contribution in [0.15, 0.2) is 12.3 Å². The first-order valence-corrected chi connectivity index (χ1v) is 11.9. The van der Waals surface area contributed by atoms with Gasteiger partial charge in [0.15, 0.2) is 5.75 Å². The summed E-state index contributed by atoms with van der Waals surface area (Å²) in [5.41, 5.74) is 2.33. The fourth-order valence-electron chi connectivity index (χ4n) is 6.09. The first-order valence-electron chi connectivity index (χ1n) is 11.9. The standard InChI is InChI=1S/C24H36N6O/c1-15-9-23(27-16(2)26-15)28-20-11-17-5-6-18(10-19(17)12-20)24-22(13-25-30(24)4)31-14-21-7-8-29(21)3/h9,13,17-21H,5-8,10-12,14H2,1-4H3,(H,26,27,28)/t17?,18?,19?,20?,21-/m1/s1. The van der Waals surface area contributed by atoms with Gasteiger partial charge in [0.05, 0.1) is 11.9 Å². The zero-order valence-corrected chi connectivity index (χ0v) is 19.3. The highest BCUT2D eigenvalue weighted by Crippen LogP contribution is 2.49. The quantitative estimate of drug-likeness (QED) is 0.763. The normalized spacial score (nSPS) is 30.6. The predicted molar refractivity (Wildman–Crippen MR) is 121 cm³/mol. The van der Waals surface area contributed by atoms with Crippen molar-refractivity contribution in [1.82, 2.24) is 24.6 Å². The zero-order valence-electron chi connectivity index (χ0n) is 19.3. The van der Waals surface area contributed by atoms with Crippen molar-refractivity contribution >= 4 is 5.82 Å². The third kappa shape index (κ3) is 4.29. The lowest BCUT2D eigenvalue weighted by Crippen LogP contribution is -2.48. The molecule has 2 aromatic rings. The SMILES string of the molecule is Cc1cc(NC2CC3CCC(c4c(OC[C@H]5CCN5C)cnn4C)CC3C2)nc(C)n1. The van der Waals surface area contributed by atoms with Gasteiger partial charge >= 0.3 is 0 Å². The number of ether oxygens (including phenoxy) is 1. The van der Waals surface area contributed by atoms with E-state index in [1.165, 1.54) is 50.8 Å². The number of aromatic nitrogens is 4. The number of rotatable bonds is 6. The van der Waals surface area contributed by atoms with Crippen LogP contribution in [0.1, 0.15) is 61.7 Å². The molecule has 7 nitrogen and oxygen atoms in total. The van der Waals surface area contributed by atoms with Gasteiger partial charge in [0, 0.05) is 36.8 Å². The van der Waals surface area contributed by atoms with Crippen molar-refractivity contribution < 1.29 is 4.74 Å². The van der Waals surface area contributed by atoms with Gasteiger partial charge in [0.1, 0.15) is 18.2 Å². The Morgan fingerprint density at radius 1 is 1.06 bits per heavy atom. The lowest BCUT2D eigenvalue weighted by atomic mass is 9.74. The van der Waals surface area contributed by atoms with Gasteiger partial charge in [-0.2, -0.15) is 5.10 Å². The molecular formula is C24H36N6O. The van der Waals surface area contributed by atoms with Gasteiger partial charge < -0.3 is 10.1 Å². The number of nitrogens with one attached hydrogen (secondary N) is 1. The first-order chi connectivity index (χ1) is 15.0. The summed E-state index contributed by atoms with van der Waals surface area (Å²) in [7, 11) is 4.25. The largest absolute Gasteiger partial charge is 0.488 e. The van der Waals surface area contributed by atoms with E-state index in [1.807, 2.05) is 20.0 Å². The number of likely N-dealkylation sites (N-methyl/N-ethyl adjacent to an activating group) is 1. The van der Waals surface area contributed by atoms with Crippen LogP contribution in [0.25, 0.3) is 0 Å². The number of nitrogens with zero attached hydrogens (tertiary/aromatic N) is 5. The monoisotopic (exact) mass is 424 g/mol. The second-order valence-electron chi connectivity index (χ2n) is 10.0. The summed E-state index contributed by atoms with van der Waals surface area (Å²) in [5.74, 6) is 4.96. The number of hydrogen-bond donors (Lipinski definition) is 1. The fraction of sp³-hybridized carbons (Fsp3) is 0.708. The number of likely N-dealkylation sites (tertiary alicyclic amines) is 1. The van der Waals surface area contributed by atoms with Crippen molar-refractivity contribution in [2.24, 2.45) is 18.9 Å². The van der Waals surface area contributed by atoms with Crippen LogP contribution in [0.4, 0.5) is 5.82 Å². The molecule has 2 aromatic heterocycles. The Morgan fingerprint density at radius 2 is 1.90 bits per heavy atom. The Kier molecular flexibility index (Phi) is 5.63. The summed E-state index contributed by atoms with van der Waals surface area (Å²) >= 11 is 0. The third-order valence-corrected chi connectivity index (χ3v) is 7.84. The summed E-state index contributed by atoms with van der Waals surface area (Å²) in [4.78, 5) is 11.4. The van der Waals surface area contributed by atoms with Gasteiger partial charge in [-0.3, -0.25) is 9.58 Å². The highest BCUT2D eigenvalue weighted by atomic mass is 16.5. The molecule has 31 heavy (non-hydrogen) atoms. The average molecular weight is 425 g/mol. The molecule has 0 amide bonds. The fourth-order valence-corrected chi connectivity index (χ4v) is 6.09. The summed E-state index contributed by atoms with van der Waals surface area (Å²) in [6, 6.07) is 3.13. The summed E-state index contributed by atoms with van der Waals surface area (Å²) in [6.07, 6.45) is 9.42. The molecule has 0 radical (unpaired) electrons. The number of fused-ring (bicyclic) bond motifs is 1. The molecule has 0 bridgehead atoms. The molecule has 0 spiro atoms. The molecule has 1 N–H and O–H groups in total. The van der Waals surface area contributed by atoms with Gasteiger partial charge in [-0.15, -0.1) is 0 Å². The molecule has 3 heterocycles. The number of anilines is 1. The minimum Gasteiger partial charge on any atom is -0.488 e. The summed E-state index contributed by atoms with van der Waals surface area (Å²) < 4.78 is 8.33. The molecule has 0 aromatic carbocycles. The molecule has 4 unspecified atom stereocenters. The van der Waals surface area contributed by atoms with Crippen LogP contribution < -0.4 is 10.1 Å². The molecule has 7 heteroatoms. The minimum atomic E-state index is 0.513. The topological polar surface area (TPSA) is 68.1 Å². The van der Waals surface area contributed by atoms with Crippen LogP contribution in [-0.4, -0.2) is 56.9 Å². The number of aryl methyl sites for hydroxylation is 3. The lowest BCUT2D eigenvalue weighted by molar-refractivity contribution is 0.0760. The van der Waals surface area contributed by atoms with Crippen molar-refractivity contribution in [3.8, 4) is 5.75 Å². The second-order valence-corrected chi connectivity index (χ2v) is 10.0. The Morgan fingerprint density at radius 3 is 2.65 bits per heavy atom. The van der Waals surface area contributed by atoms with Crippen LogP contribution in [-0.2, 0) is 7.05 Å². The molecule has 1 saturated heterocycles. The van der Waals surface area contributed by atoms with Gasteiger partial charge in [0.2, 0.25) is 0 Å². The molecule has 5 rings (SSSR count). The van der Waals surface area contributed by atoms with E-state index in [2.05, 4.69) is 50.1 Å². The van der Waals surface area contributed by atoms with Crippen LogP contribution in [0.2, 0.25) is 0 Å². The minimum absolute atomic E-state index is 0.513. The van der Waals surface area contributed by atoms with Crippen LogP contribution in [0, 0.1) is 25.7 Å². The van der Waals surface area contributed by atoms with E-state index in [1.54, 1.807) is 0 Å². The highest BCUT2D eigenvalue weighted by Gasteiger charge is 2.40. The van der Waals surface area contributed by atoms with E-state index < -0.39 is 0 Å². The Balaban J connectivity index is 1.22. The van der Waals surface area contributed by atoms with E-state index >= 15 is 0 Å². The van der Waals surface area contributed by atoms with Crippen LogP contribution in [0.5, 0.6) is 5.75 Å². The van der Waals surface area contributed by atoms with E-state index in [4.69, 9.17) is 4.74 Å². The van der Waals surface area contributed by atoms with Gasteiger partial charge in [-0.05, 0) is 77.8 Å². The Hall–Kier alpha value is -2.15. The van der Waals surface area contributed by atoms with E-state index in [0.717, 1.165) is 41.5 Å². The average Bonchev–Trinajstić information content (AvgIpc) is 3.28. The smallest absolute Gasteiger partial charge is 0.160 e. The molecule has 3 fully saturated rings. The van der Waals surface area contributed by atoms with Gasteiger partial charge in [-0.25, -0.2) is 9.97 Å². The summed E-state index contributed by atoms with van der Waals surface area (Å²) in [6.45, 7) is 5.96. The molecule has 5 atom stereocenters. The van der Waals surface area contributed by atoms with Crippen LogP contribution in [0.3, 0.4) is 0 Å². The van der Waals surface area contributed by atoms with Crippen molar-refractivity contribution in [3.63, 3.8) is 0 Å². The predicted octanol–water partition coefficient (Wildman–Crippen LogP) is 3.68. The van der Waals surface area contributed by atoms with E-state index in [0.29, 0.717) is 18.0 Å².